The minimum Gasteiger partial charge on any atom is -0.377 e. The number of anilines is 1. The zero-order valence-corrected chi connectivity index (χ0v) is 14.2. The zero-order chi connectivity index (χ0) is 16.3. The molecule has 1 aromatic heterocycles. The molecule has 4 nitrogen and oxygen atoms in total. The quantitative estimate of drug-likeness (QED) is 0.846. The van der Waals surface area contributed by atoms with Gasteiger partial charge < -0.3 is 9.64 Å². The normalized spacial score (nSPS) is 20.9. The predicted molar refractivity (Wildman–Crippen MR) is 92.6 cm³/mol. The SMILES string of the molecule is COCc1nc(C)cc(N2CCC[C@@]2(C)Cc2ccccc2)n1. The van der Waals surface area contributed by atoms with E-state index in [0.717, 1.165) is 30.3 Å². The highest BCUT2D eigenvalue weighted by Crippen LogP contribution is 2.35. The van der Waals surface area contributed by atoms with Crippen LogP contribution >= 0.6 is 0 Å². The maximum atomic E-state index is 5.20. The molecule has 1 aromatic carbocycles. The molecule has 0 bridgehead atoms. The first-order valence-corrected chi connectivity index (χ1v) is 8.26. The van der Waals surface area contributed by atoms with Gasteiger partial charge in [0.1, 0.15) is 12.4 Å². The molecule has 1 saturated heterocycles. The van der Waals surface area contributed by atoms with E-state index in [2.05, 4.69) is 53.2 Å². The Balaban J connectivity index is 1.89. The lowest BCUT2D eigenvalue weighted by atomic mass is 9.90. The monoisotopic (exact) mass is 311 g/mol. The van der Waals surface area contributed by atoms with Crippen molar-refractivity contribution < 1.29 is 4.74 Å². The van der Waals surface area contributed by atoms with Crippen LogP contribution < -0.4 is 4.90 Å². The fourth-order valence-corrected chi connectivity index (χ4v) is 3.58. The van der Waals surface area contributed by atoms with Crippen molar-refractivity contribution in [3.05, 3.63) is 53.5 Å². The van der Waals surface area contributed by atoms with Gasteiger partial charge in [-0.25, -0.2) is 9.97 Å². The van der Waals surface area contributed by atoms with Crippen molar-refractivity contribution in [2.24, 2.45) is 0 Å². The summed E-state index contributed by atoms with van der Waals surface area (Å²) in [5.41, 5.74) is 2.48. The van der Waals surface area contributed by atoms with Crippen LogP contribution in [0.5, 0.6) is 0 Å². The maximum absolute atomic E-state index is 5.20. The molecule has 0 saturated carbocycles. The second kappa shape index (κ2) is 6.67. The van der Waals surface area contributed by atoms with Crippen LogP contribution in [-0.2, 0) is 17.8 Å². The number of aryl methyl sites for hydroxylation is 1. The third kappa shape index (κ3) is 3.53. The molecule has 3 rings (SSSR count). The van der Waals surface area contributed by atoms with Gasteiger partial charge in [-0.05, 0) is 38.7 Å². The van der Waals surface area contributed by atoms with Gasteiger partial charge in [0.15, 0.2) is 5.82 Å². The molecule has 1 atom stereocenters. The number of rotatable bonds is 5. The number of aromatic nitrogens is 2. The standard InChI is InChI=1S/C19H25N3O/c1-15-12-18(21-17(20-15)14-23-3)22-11-7-10-19(22,2)13-16-8-5-4-6-9-16/h4-6,8-9,12H,7,10-11,13-14H2,1-3H3/t19-/m0/s1. The van der Waals surface area contributed by atoms with Crippen LogP contribution in [0.1, 0.15) is 36.8 Å². The molecule has 1 aliphatic rings. The molecule has 0 unspecified atom stereocenters. The molecule has 0 N–H and O–H groups in total. The van der Waals surface area contributed by atoms with E-state index in [0.29, 0.717) is 6.61 Å². The van der Waals surface area contributed by atoms with Gasteiger partial charge >= 0.3 is 0 Å². The number of hydrogen-bond acceptors (Lipinski definition) is 4. The fraction of sp³-hybridized carbons (Fsp3) is 0.474. The van der Waals surface area contributed by atoms with E-state index in [9.17, 15) is 0 Å². The van der Waals surface area contributed by atoms with Crippen molar-refractivity contribution in [3.8, 4) is 0 Å². The molecular formula is C19H25N3O. The summed E-state index contributed by atoms with van der Waals surface area (Å²) in [4.78, 5) is 11.6. The third-order valence-electron chi connectivity index (χ3n) is 4.61. The van der Waals surface area contributed by atoms with Crippen LogP contribution in [0.2, 0.25) is 0 Å². The number of hydrogen-bond donors (Lipinski definition) is 0. The second-order valence-corrected chi connectivity index (χ2v) is 6.63. The highest BCUT2D eigenvalue weighted by Gasteiger charge is 2.37. The first-order valence-electron chi connectivity index (χ1n) is 8.26. The Kier molecular flexibility index (Phi) is 4.62. The maximum Gasteiger partial charge on any atom is 0.156 e. The summed E-state index contributed by atoms with van der Waals surface area (Å²) < 4.78 is 5.20. The Morgan fingerprint density at radius 1 is 1.22 bits per heavy atom. The van der Waals surface area contributed by atoms with Crippen molar-refractivity contribution in [1.29, 1.82) is 0 Å². The van der Waals surface area contributed by atoms with E-state index >= 15 is 0 Å². The minimum atomic E-state index is 0.104. The first-order chi connectivity index (χ1) is 11.1. The van der Waals surface area contributed by atoms with Crippen LogP contribution in [0, 0.1) is 6.92 Å². The largest absolute Gasteiger partial charge is 0.377 e. The van der Waals surface area contributed by atoms with Crippen LogP contribution in [-0.4, -0.2) is 29.2 Å². The number of nitrogens with zero attached hydrogens (tertiary/aromatic N) is 3. The summed E-state index contributed by atoms with van der Waals surface area (Å²) in [5.74, 6) is 1.79. The Labute approximate surface area is 138 Å². The van der Waals surface area contributed by atoms with Crippen LogP contribution in [0.3, 0.4) is 0 Å². The molecule has 0 spiro atoms. The van der Waals surface area contributed by atoms with Gasteiger partial charge in [0.2, 0.25) is 0 Å². The summed E-state index contributed by atoms with van der Waals surface area (Å²) in [6, 6.07) is 12.8. The molecule has 23 heavy (non-hydrogen) atoms. The van der Waals surface area contributed by atoms with Gasteiger partial charge in [0.05, 0.1) is 0 Å². The first kappa shape index (κ1) is 15.9. The third-order valence-corrected chi connectivity index (χ3v) is 4.61. The fourth-order valence-electron chi connectivity index (χ4n) is 3.58. The summed E-state index contributed by atoms with van der Waals surface area (Å²) in [7, 11) is 1.68. The molecule has 0 radical (unpaired) electrons. The smallest absolute Gasteiger partial charge is 0.156 e. The van der Waals surface area contributed by atoms with Crippen molar-refractivity contribution >= 4 is 5.82 Å². The van der Waals surface area contributed by atoms with Crippen LogP contribution in [0.4, 0.5) is 5.82 Å². The lowest BCUT2D eigenvalue weighted by Gasteiger charge is -2.36. The molecule has 0 aliphatic carbocycles. The summed E-state index contributed by atoms with van der Waals surface area (Å²) in [6.07, 6.45) is 3.42. The summed E-state index contributed by atoms with van der Waals surface area (Å²) in [5, 5.41) is 0. The highest BCUT2D eigenvalue weighted by molar-refractivity contribution is 5.45. The summed E-state index contributed by atoms with van der Waals surface area (Å²) in [6.45, 7) is 5.87. The number of benzene rings is 1. The highest BCUT2D eigenvalue weighted by atomic mass is 16.5. The molecule has 1 fully saturated rings. The zero-order valence-electron chi connectivity index (χ0n) is 14.2. The van der Waals surface area contributed by atoms with Gasteiger partial charge in [-0.15, -0.1) is 0 Å². The molecule has 2 aromatic rings. The van der Waals surface area contributed by atoms with E-state index in [4.69, 9.17) is 9.72 Å². The molecule has 1 aliphatic heterocycles. The van der Waals surface area contributed by atoms with E-state index in [-0.39, 0.29) is 5.54 Å². The molecule has 0 amide bonds. The van der Waals surface area contributed by atoms with Crippen LogP contribution in [0.25, 0.3) is 0 Å². The van der Waals surface area contributed by atoms with Gasteiger partial charge in [-0.1, -0.05) is 30.3 Å². The predicted octanol–water partition coefficient (Wildman–Crippen LogP) is 3.53. The summed E-state index contributed by atoms with van der Waals surface area (Å²) >= 11 is 0. The van der Waals surface area contributed by atoms with E-state index in [1.165, 1.54) is 18.4 Å². The Morgan fingerprint density at radius 2 is 2.00 bits per heavy atom. The van der Waals surface area contributed by atoms with Gasteiger partial charge in [0, 0.05) is 31.0 Å². The molecule has 4 heteroatoms. The lowest BCUT2D eigenvalue weighted by molar-refractivity contribution is 0.177. The van der Waals surface area contributed by atoms with Crippen molar-refractivity contribution in [2.75, 3.05) is 18.6 Å². The second-order valence-electron chi connectivity index (χ2n) is 6.63. The average Bonchev–Trinajstić information content (AvgIpc) is 2.89. The van der Waals surface area contributed by atoms with Crippen molar-refractivity contribution in [2.45, 2.75) is 45.3 Å². The Bertz CT molecular complexity index is 659. The average molecular weight is 311 g/mol. The topological polar surface area (TPSA) is 38.2 Å². The number of methoxy groups -OCH3 is 1. The van der Waals surface area contributed by atoms with E-state index in [1.807, 2.05) is 6.92 Å². The van der Waals surface area contributed by atoms with E-state index < -0.39 is 0 Å². The number of ether oxygens (including phenoxy) is 1. The van der Waals surface area contributed by atoms with Crippen LogP contribution in [0.15, 0.2) is 36.4 Å². The minimum absolute atomic E-state index is 0.104. The van der Waals surface area contributed by atoms with Crippen molar-refractivity contribution in [3.63, 3.8) is 0 Å². The van der Waals surface area contributed by atoms with Crippen molar-refractivity contribution in [1.82, 2.24) is 9.97 Å². The Hall–Kier alpha value is -1.94. The lowest BCUT2D eigenvalue weighted by Crippen LogP contribution is -2.43. The molecular weight excluding hydrogens is 286 g/mol. The van der Waals surface area contributed by atoms with Gasteiger partial charge in [-0.3, -0.25) is 0 Å². The molecule has 122 valence electrons. The van der Waals surface area contributed by atoms with Gasteiger partial charge in [0.25, 0.3) is 0 Å². The Morgan fingerprint density at radius 3 is 2.74 bits per heavy atom. The molecule has 2 heterocycles. The van der Waals surface area contributed by atoms with Gasteiger partial charge in [-0.2, -0.15) is 0 Å². The van der Waals surface area contributed by atoms with E-state index in [1.54, 1.807) is 7.11 Å².